The molecule has 0 amide bonds. The van der Waals surface area contributed by atoms with E-state index >= 15 is 0 Å². The van der Waals surface area contributed by atoms with Crippen LogP contribution < -0.4 is 5.32 Å². The molecule has 0 saturated heterocycles. The molecule has 0 unspecified atom stereocenters. The molecule has 3 rings (SSSR count). The molecule has 0 radical (unpaired) electrons. The highest BCUT2D eigenvalue weighted by atomic mass is 32.1. The Bertz CT molecular complexity index is 884. The molecule has 4 nitrogen and oxygen atoms in total. The fourth-order valence-electron chi connectivity index (χ4n) is 3.18. The zero-order valence-electron chi connectivity index (χ0n) is 17.5. The van der Waals surface area contributed by atoms with E-state index in [1.807, 2.05) is 18.7 Å². The molecular weight excluding hydrogens is 376 g/mol. The van der Waals surface area contributed by atoms with Crippen molar-refractivity contribution in [2.45, 2.75) is 46.2 Å². The SMILES string of the molecule is Cc1ccc(CN(CCCn2ccnc2)C(=S)Nc2ccc(C(C)C)cc2)cc1. The first-order valence-electron chi connectivity index (χ1n) is 10.2. The molecule has 0 fully saturated rings. The Labute approximate surface area is 179 Å². The van der Waals surface area contributed by atoms with E-state index in [-0.39, 0.29) is 0 Å². The lowest BCUT2D eigenvalue weighted by atomic mass is 10.0. The molecule has 1 aromatic heterocycles. The van der Waals surface area contributed by atoms with Crippen LogP contribution in [0.5, 0.6) is 0 Å². The van der Waals surface area contributed by atoms with E-state index in [1.165, 1.54) is 16.7 Å². The molecule has 0 atom stereocenters. The maximum absolute atomic E-state index is 5.78. The Morgan fingerprint density at radius 3 is 2.45 bits per heavy atom. The molecule has 0 aliphatic heterocycles. The smallest absolute Gasteiger partial charge is 0.173 e. The van der Waals surface area contributed by atoms with Crippen molar-refractivity contribution in [2.24, 2.45) is 0 Å². The van der Waals surface area contributed by atoms with Gasteiger partial charge in [0.15, 0.2) is 5.11 Å². The van der Waals surface area contributed by atoms with Gasteiger partial charge in [-0.2, -0.15) is 0 Å². The maximum atomic E-state index is 5.78. The molecule has 0 bridgehead atoms. The number of hydrogen-bond acceptors (Lipinski definition) is 2. The van der Waals surface area contributed by atoms with E-state index in [0.717, 1.165) is 36.9 Å². The fraction of sp³-hybridized carbons (Fsp3) is 0.333. The second-order valence-electron chi connectivity index (χ2n) is 7.77. The summed E-state index contributed by atoms with van der Waals surface area (Å²) in [5, 5.41) is 4.18. The summed E-state index contributed by atoms with van der Waals surface area (Å²) in [5.41, 5.74) is 4.89. The van der Waals surface area contributed by atoms with Crippen LogP contribution >= 0.6 is 12.2 Å². The van der Waals surface area contributed by atoms with Crippen molar-refractivity contribution in [1.29, 1.82) is 0 Å². The highest BCUT2D eigenvalue weighted by molar-refractivity contribution is 7.80. The Hall–Kier alpha value is -2.66. The van der Waals surface area contributed by atoms with E-state index in [9.17, 15) is 0 Å². The van der Waals surface area contributed by atoms with E-state index < -0.39 is 0 Å². The number of aromatic nitrogens is 2. The first kappa shape index (κ1) is 21.1. The molecule has 152 valence electrons. The average Bonchev–Trinajstić information content (AvgIpc) is 3.22. The van der Waals surface area contributed by atoms with Crippen LogP contribution in [0.2, 0.25) is 0 Å². The summed E-state index contributed by atoms with van der Waals surface area (Å²) >= 11 is 5.78. The summed E-state index contributed by atoms with van der Waals surface area (Å²) in [7, 11) is 0. The fourth-order valence-corrected chi connectivity index (χ4v) is 3.46. The molecule has 3 aromatic rings. The van der Waals surface area contributed by atoms with Crippen LogP contribution in [-0.4, -0.2) is 26.1 Å². The van der Waals surface area contributed by atoms with Gasteiger partial charge in [-0.25, -0.2) is 4.98 Å². The van der Waals surface area contributed by atoms with Crippen LogP contribution in [0.4, 0.5) is 5.69 Å². The third-order valence-corrected chi connectivity index (χ3v) is 5.37. The molecule has 1 heterocycles. The lowest BCUT2D eigenvalue weighted by molar-refractivity contribution is 0.396. The minimum Gasteiger partial charge on any atom is -0.345 e. The number of hydrogen-bond donors (Lipinski definition) is 1. The van der Waals surface area contributed by atoms with Gasteiger partial charge in [0.25, 0.3) is 0 Å². The largest absolute Gasteiger partial charge is 0.345 e. The van der Waals surface area contributed by atoms with Crippen molar-refractivity contribution in [3.8, 4) is 0 Å². The zero-order valence-corrected chi connectivity index (χ0v) is 18.3. The summed E-state index contributed by atoms with van der Waals surface area (Å²) < 4.78 is 2.10. The summed E-state index contributed by atoms with van der Waals surface area (Å²) in [6.45, 7) is 9.12. The van der Waals surface area contributed by atoms with Gasteiger partial charge in [-0.15, -0.1) is 0 Å². The van der Waals surface area contributed by atoms with Crippen molar-refractivity contribution < 1.29 is 0 Å². The number of rotatable bonds is 8. The lowest BCUT2D eigenvalue weighted by Crippen LogP contribution is -2.35. The molecule has 1 N–H and O–H groups in total. The van der Waals surface area contributed by atoms with Crippen LogP contribution in [0.25, 0.3) is 0 Å². The third kappa shape index (κ3) is 6.43. The van der Waals surface area contributed by atoms with Gasteiger partial charge in [0, 0.05) is 37.7 Å². The van der Waals surface area contributed by atoms with E-state index in [1.54, 1.807) is 0 Å². The Morgan fingerprint density at radius 1 is 1.10 bits per heavy atom. The first-order chi connectivity index (χ1) is 14.0. The van der Waals surface area contributed by atoms with Gasteiger partial charge in [-0.3, -0.25) is 0 Å². The van der Waals surface area contributed by atoms with E-state index in [4.69, 9.17) is 12.2 Å². The normalized spacial score (nSPS) is 10.9. The van der Waals surface area contributed by atoms with Gasteiger partial charge in [0.2, 0.25) is 0 Å². The Morgan fingerprint density at radius 2 is 1.83 bits per heavy atom. The number of nitrogens with zero attached hydrogens (tertiary/aromatic N) is 3. The van der Waals surface area contributed by atoms with Gasteiger partial charge < -0.3 is 14.8 Å². The van der Waals surface area contributed by atoms with E-state index in [0.29, 0.717) is 5.92 Å². The number of imidazole rings is 1. The number of nitrogens with one attached hydrogen (secondary N) is 1. The topological polar surface area (TPSA) is 33.1 Å². The number of benzene rings is 2. The van der Waals surface area contributed by atoms with Crippen molar-refractivity contribution in [3.63, 3.8) is 0 Å². The summed E-state index contributed by atoms with van der Waals surface area (Å²) in [5.74, 6) is 0.525. The molecule has 0 aliphatic rings. The molecule has 0 saturated carbocycles. The quantitative estimate of drug-likeness (QED) is 0.493. The first-order valence-corrected chi connectivity index (χ1v) is 10.6. The zero-order chi connectivity index (χ0) is 20.6. The minimum absolute atomic E-state index is 0.525. The second kappa shape index (κ2) is 10.2. The van der Waals surface area contributed by atoms with Crippen LogP contribution in [0.1, 0.15) is 42.9 Å². The van der Waals surface area contributed by atoms with Crippen molar-refractivity contribution in [1.82, 2.24) is 14.5 Å². The van der Waals surface area contributed by atoms with Crippen molar-refractivity contribution in [3.05, 3.63) is 83.9 Å². The Balaban J connectivity index is 1.66. The number of thiocarbonyl (C=S) groups is 1. The van der Waals surface area contributed by atoms with Gasteiger partial charge in [0.05, 0.1) is 6.33 Å². The standard InChI is InChI=1S/C24H30N4S/c1-19(2)22-9-11-23(12-10-22)26-24(29)28(15-4-14-27-16-13-25-18-27)17-21-7-5-20(3)6-8-21/h5-13,16,18-19H,4,14-15,17H2,1-3H3,(H,26,29). The molecular formula is C24H30N4S. The van der Waals surface area contributed by atoms with Gasteiger partial charge in [-0.1, -0.05) is 55.8 Å². The molecule has 29 heavy (non-hydrogen) atoms. The highest BCUT2D eigenvalue weighted by Crippen LogP contribution is 2.18. The van der Waals surface area contributed by atoms with Crippen molar-refractivity contribution in [2.75, 3.05) is 11.9 Å². The monoisotopic (exact) mass is 406 g/mol. The van der Waals surface area contributed by atoms with Crippen LogP contribution in [-0.2, 0) is 13.1 Å². The summed E-state index contributed by atoms with van der Waals surface area (Å²) in [6, 6.07) is 17.2. The average molecular weight is 407 g/mol. The van der Waals surface area contributed by atoms with Crippen LogP contribution in [0, 0.1) is 6.92 Å². The second-order valence-corrected chi connectivity index (χ2v) is 8.15. The van der Waals surface area contributed by atoms with Gasteiger partial charge >= 0.3 is 0 Å². The maximum Gasteiger partial charge on any atom is 0.173 e. The van der Waals surface area contributed by atoms with E-state index in [2.05, 4.69) is 89.1 Å². The predicted octanol–water partition coefficient (Wildman–Crippen LogP) is 5.60. The Kier molecular flexibility index (Phi) is 7.42. The van der Waals surface area contributed by atoms with Gasteiger partial charge in [-0.05, 0) is 54.7 Å². The third-order valence-electron chi connectivity index (χ3n) is 5.01. The van der Waals surface area contributed by atoms with Crippen LogP contribution in [0.15, 0.2) is 67.3 Å². The highest BCUT2D eigenvalue weighted by Gasteiger charge is 2.11. The number of aryl methyl sites for hydroxylation is 2. The lowest BCUT2D eigenvalue weighted by Gasteiger charge is -2.26. The summed E-state index contributed by atoms with van der Waals surface area (Å²) in [6.07, 6.45) is 6.67. The minimum atomic E-state index is 0.525. The number of anilines is 1. The molecule has 0 spiro atoms. The van der Waals surface area contributed by atoms with Gasteiger partial charge in [0.1, 0.15) is 0 Å². The summed E-state index contributed by atoms with van der Waals surface area (Å²) in [4.78, 5) is 6.36. The molecule has 0 aliphatic carbocycles. The van der Waals surface area contributed by atoms with Crippen molar-refractivity contribution >= 4 is 23.0 Å². The van der Waals surface area contributed by atoms with Crippen LogP contribution in [0.3, 0.4) is 0 Å². The molecule has 5 heteroatoms. The predicted molar refractivity (Wildman–Crippen MR) is 125 cm³/mol. The molecule has 2 aromatic carbocycles.